The highest BCUT2D eigenvalue weighted by Gasteiger charge is 2.32. The molecule has 0 atom stereocenters. The summed E-state index contributed by atoms with van der Waals surface area (Å²) in [7, 11) is -4.40. The summed E-state index contributed by atoms with van der Waals surface area (Å²) in [6.45, 7) is -0.128. The van der Waals surface area contributed by atoms with E-state index in [1.807, 2.05) is 0 Å². The second-order valence-electron chi connectivity index (χ2n) is 9.47. The van der Waals surface area contributed by atoms with Crippen molar-refractivity contribution in [3.63, 3.8) is 0 Å². The van der Waals surface area contributed by atoms with Crippen LogP contribution in [0.4, 0.5) is 18.9 Å². The fourth-order valence-corrected chi connectivity index (χ4v) is 5.77. The first-order chi connectivity index (χ1) is 20.8. The van der Waals surface area contributed by atoms with Gasteiger partial charge in [0, 0.05) is 30.4 Å². The number of nitrogens with one attached hydrogen (secondary N) is 2. The van der Waals surface area contributed by atoms with Crippen LogP contribution in [0.5, 0.6) is 0 Å². The molecule has 8 nitrogen and oxygen atoms in total. The molecule has 0 aliphatic rings. The minimum atomic E-state index is -4.57. The molecule has 0 bridgehead atoms. The molecule has 2 N–H and O–H groups in total. The Balaban J connectivity index is 1.49. The van der Waals surface area contributed by atoms with Gasteiger partial charge in [-0.05, 0) is 72.5 Å². The molecule has 44 heavy (non-hydrogen) atoms. The second-order valence-corrected chi connectivity index (χ2v) is 11.9. The van der Waals surface area contributed by atoms with Crippen molar-refractivity contribution in [3.8, 4) is 0 Å². The Morgan fingerprint density at radius 3 is 2.16 bits per heavy atom. The van der Waals surface area contributed by atoms with Crippen LogP contribution in [-0.2, 0) is 29.4 Å². The van der Waals surface area contributed by atoms with Gasteiger partial charge in [0.25, 0.3) is 11.8 Å². The highest BCUT2D eigenvalue weighted by molar-refractivity contribution is 7.91. The van der Waals surface area contributed by atoms with Gasteiger partial charge in [0.1, 0.15) is 5.69 Å². The van der Waals surface area contributed by atoms with E-state index in [0.717, 1.165) is 22.1 Å². The SMILES string of the molecule is O=C(NCc1ccc(C(F)(F)F)nc1)c1ccc(N(CCCc2cccc(Cl)c2Cl)S(=O)(=O)NC(=O)c2ccccc2)cc1. The number of aryl methyl sites for hydroxylation is 1. The molecule has 1 aromatic heterocycles. The van der Waals surface area contributed by atoms with Crippen LogP contribution >= 0.6 is 23.2 Å². The summed E-state index contributed by atoms with van der Waals surface area (Å²) in [5.41, 5.74) is 0.536. The minimum absolute atomic E-state index is 0.0489. The average Bonchev–Trinajstić information content (AvgIpc) is 3.00. The third-order valence-electron chi connectivity index (χ3n) is 6.37. The van der Waals surface area contributed by atoms with E-state index in [2.05, 4.69) is 15.0 Å². The van der Waals surface area contributed by atoms with Crippen molar-refractivity contribution in [2.45, 2.75) is 25.6 Å². The van der Waals surface area contributed by atoms with E-state index < -0.39 is 33.9 Å². The molecule has 0 aliphatic heterocycles. The van der Waals surface area contributed by atoms with Gasteiger partial charge in [-0.1, -0.05) is 59.6 Å². The topological polar surface area (TPSA) is 108 Å². The van der Waals surface area contributed by atoms with Crippen molar-refractivity contribution in [2.24, 2.45) is 0 Å². The van der Waals surface area contributed by atoms with Gasteiger partial charge in [-0.15, -0.1) is 0 Å². The summed E-state index contributed by atoms with van der Waals surface area (Å²) in [5.74, 6) is -1.36. The number of carbonyl (C=O) groups excluding carboxylic acids is 2. The average molecular weight is 666 g/mol. The molecule has 230 valence electrons. The highest BCUT2D eigenvalue weighted by Crippen LogP contribution is 2.28. The van der Waals surface area contributed by atoms with Crippen LogP contribution in [0.3, 0.4) is 0 Å². The maximum absolute atomic E-state index is 13.4. The van der Waals surface area contributed by atoms with Gasteiger partial charge in [0.05, 0.1) is 15.7 Å². The normalized spacial score (nSPS) is 11.6. The molecule has 0 unspecified atom stereocenters. The molecule has 3 aromatic carbocycles. The zero-order valence-corrected chi connectivity index (χ0v) is 25.1. The zero-order chi connectivity index (χ0) is 31.9. The monoisotopic (exact) mass is 664 g/mol. The molecule has 1 heterocycles. The maximum Gasteiger partial charge on any atom is 0.433 e. The Bertz CT molecular complexity index is 1720. The van der Waals surface area contributed by atoms with E-state index in [-0.39, 0.29) is 29.9 Å². The summed E-state index contributed by atoms with van der Waals surface area (Å²) in [5, 5.41) is 3.32. The summed E-state index contributed by atoms with van der Waals surface area (Å²) in [6, 6.07) is 20.6. The number of carbonyl (C=O) groups is 2. The summed E-state index contributed by atoms with van der Waals surface area (Å²) in [6.07, 6.45) is -2.85. The fourth-order valence-electron chi connectivity index (χ4n) is 4.12. The molecule has 4 rings (SSSR count). The number of pyridine rings is 1. The molecule has 4 aromatic rings. The Morgan fingerprint density at radius 2 is 1.52 bits per heavy atom. The highest BCUT2D eigenvalue weighted by atomic mass is 35.5. The predicted molar refractivity (Wildman–Crippen MR) is 162 cm³/mol. The van der Waals surface area contributed by atoms with E-state index in [4.69, 9.17) is 23.2 Å². The van der Waals surface area contributed by atoms with Crippen LogP contribution in [0.15, 0.2) is 91.1 Å². The first kappa shape index (κ1) is 32.8. The van der Waals surface area contributed by atoms with Gasteiger partial charge < -0.3 is 5.32 Å². The standard InChI is InChI=1S/C30H25Cl2F3N4O4S/c31-25-10-4-8-21(27(25)32)9-5-17-39(44(42,43)38-29(41)22-6-2-1-3-7-22)24-14-12-23(13-15-24)28(40)37-19-20-11-16-26(36-18-20)30(33,34)35/h1-4,6-8,10-16,18H,5,9,17,19H2,(H,37,40)(H,38,41). The van der Waals surface area contributed by atoms with Crippen molar-refractivity contribution in [2.75, 3.05) is 10.8 Å². The Labute approximate surface area is 262 Å². The van der Waals surface area contributed by atoms with Gasteiger partial charge in [0.2, 0.25) is 0 Å². The molecule has 2 amide bonds. The number of amides is 2. The summed E-state index contributed by atoms with van der Waals surface area (Å²) >= 11 is 12.4. The number of hydrogen-bond acceptors (Lipinski definition) is 5. The predicted octanol–water partition coefficient (Wildman–Crippen LogP) is 6.45. The third-order valence-corrected chi connectivity index (χ3v) is 8.65. The van der Waals surface area contributed by atoms with Crippen LogP contribution in [0.1, 0.15) is 44.0 Å². The number of anilines is 1. The molecule has 0 saturated heterocycles. The third kappa shape index (κ3) is 8.49. The van der Waals surface area contributed by atoms with Crippen LogP contribution in [-0.4, -0.2) is 31.8 Å². The Morgan fingerprint density at radius 1 is 0.841 bits per heavy atom. The molecular formula is C30H25Cl2F3N4O4S. The first-order valence-corrected chi connectivity index (χ1v) is 15.3. The minimum Gasteiger partial charge on any atom is -0.348 e. The van der Waals surface area contributed by atoms with Crippen molar-refractivity contribution in [3.05, 3.63) is 129 Å². The van der Waals surface area contributed by atoms with Crippen molar-refractivity contribution < 1.29 is 31.2 Å². The lowest BCUT2D eigenvalue weighted by molar-refractivity contribution is -0.141. The first-order valence-electron chi connectivity index (χ1n) is 13.1. The van der Waals surface area contributed by atoms with Gasteiger partial charge in [-0.25, -0.2) is 4.72 Å². The van der Waals surface area contributed by atoms with Crippen molar-refractivity contribution in [1.29, 1.82) is 0 Å². The maximum atomic E-state index is 13.4. The lowest BCUT2D eigenvalue weighted by Crippen LogP contribution is -2.44. The van der Waals surface area contributed by atoms with Gasteiger partial charge in [0.15, 0.2) is 0 Å². The Hall–Kier alpha value is -4.13. The molecule has 0 saturated carbocycles. The smallest absolute Gasteiger partial charge is 0.348 e. The number of halogens is 5. The lowest BCUT2D eigenvalue weighted by Gasteiger charge is -2.25. The number of hydrogen-bond donors (Lipinski definition) is 2. The van der Waals surface area contributed by atoms with E-state index in [0.29, 0.717) is 28.5 Å². The number of alkyl halides is 3. The summed E-state index contributed by atoms with van der Waals surface area (Å²) in [4.78, 5) is 28.8. The fraction of sp³-hybridized carbons (Fsp3) is 0.167. The van der Waals surface area contributed by atoms with Crippen LogP contribution in [0.25, 0.3) is 0 Å². The molecule has 0 spiro atoms. The largest absolute Gasteiger partial charge is 0.433 e. The molecule has 14 heteroatoms. The molecule has 0 radical (unpaired) electrons. The van der Waals surface area contributed by atoms with Crippen LogP contribution in [0, 0.1) is 0 Å². The zero-order valence-electron chi connectivity index (χ0n) is 22.8. The van der Waals surface area contributed by atoms with Crippen molar-refractivity contribution >= 4 is 50.9 Å². The summed E-state index contributed by atoms with van der Waals surface area (Å²) < 4.78 is 68.2. The van der Waals surface area contributed by atoms with Crippen LogP contribution < -0.4 is 14.3 Å². The second kappa shape index (κ2) is 14.1. The number of aromatic nitrogens is 1. The van der Waals surface area contributed by atoms with E-state index in [9.17, 15) is 31.2 Å². The quantitative estimate of drug-likeness (QED) is 0.192. The Kier molecular flexibility index (Phi) is 10.5. The molecule has 0 fully saturated rings. The lowest BCUT2D eigenvalue weighted by atomic mass is 10.1. The number of rotatable bonds is 11. The van der Waals surface area contributed by atoms with E-state index >= 15 is 0 Å². The van der Waals surface area contributed by atoms with Crippen LogP contribution in [0.2, 0.25) is 10.0 Å². The number of nitrogens with zero attached hydrogens (tertiary/aromatic N) is 2. The van der Waals surface area contributed by atoms with Gasteiger partial charge in [-0.3, -0.25) is 18.9 Å². The molecule has 0 aliphatic carbocycles. The van der Waals surface area contributed by atoms with Gasteiger partial charge >= 0.3 is 16.4 Å². The molecular weight excluding hydrogens is 640 g/mol. The van der Waals surface area contributed by atoms with Gasteiger partial charge in [-0.2, -0.15) is 21.6 Å². The van der Waals surface area contributed by atoms with Crippen molar-refractivity contribution in [1.82, 2.24) is 15.0 Å². The van der Waals surface area contributed by atoms with E-state index in [1.54, 1.807) is 36.4 Å². The van der Waals surface area contributed by atoms with E-state index in [1.165, 1.54) is 42.5 Å². The number of benzene rings is 3.